The monoisotopic (exact) mass is 591 g/mol. The minimum absolute atomic E-state index is 0.0171. The second-order valence-corrected chi connectivity index (χ2v) is 13.6. The van der Waals surface area contributed by atoms with E-state index in [4.69, 9.17) is 16.3 Å². The van der Waals surface area contributed by atoms with Gasteiger partial charge in [0.1, 0.15) is 12.4 Å². The van der Waals surface area contributed by atoms with Gasteiger partial charge in [0.2, 0.25) is 10.0 Å². The molecule has 218 valence electrons. The Morgan fingerprint density at radius 2 is 1.75 bits per heavy atom. The van der Waals surface area contributed by atoms with Crippen LogP contribution in [-0.2, 0) is 14.8 Å². The Bertz CT molecular complexity index is 1270. The van der Waals surface area contributed by atoms with Crippen molar-refractivity contribution in [2.24, 2.45) is 0 Å². The van der Waals surface area contributed by atoms with E-state index < -0.39 is 34.0 Å². The first kappa shape index (κ1) is 29.3. The van der Waals surface area contributed by atoms with Crippen LogP contribution in [-0.4, -0.2) is 73.0 Å². The fraction of sp³-hybridized carbons (Fsp3) is 0.567. The minimum Gasteiger partial charge on any atom is -0.448 e. The molecule has 1 aliphatic carbocycles. The van der Waals surface area contributed by atoms with Crippen LogP contribution in [0.4, 0.5) is 9.18 Å². The maximum absolute atomic E-state index is 14.2. The van der Waals surface area contributed by atoms with E-state index in [1.54, 1.807) is 29.2 Å². The zero-order valence-electron chi connectivity index (χ0n) is 23.1. The van der Waals surface area contributed by atoms with Gasteiger partial charge in [0.25, 0.3) is 0 Å². The van der Waals surface area contributed by atoms with E-state index in [0.29, 0.717) is 36.0 Å². The lowest BCUT2D eigenvalue weighted by Crippen LogP contribution is -2.57. The predicted molar refractivity (Wildman–Crippen MR) is 153 cm³/mol. The molecule has 3 fully saturated rings. The smallest absolute Gasteiger partial charge is 0.410 e. The van der Waals surface area contributed by atoms with Crippen molar-refractivity contribution in [2.45, 2.75) is 87.4 Å². The fourth-order valence-electron chi connectivity index (χ4n) is 6.62. The summed E-state index contributed by atoms with van der Waals surface area (Å²) in [5.41, 5.74) is 0.584. The molecule has 0 bridgehead atoms. The Morgan fingerprint density at radius 3 is 2.45 bits per heavy atom. The summed E-state index contributed by atoms with van der Waals surface area (Å²) >= 11 is 6.03. The molecule has 2 aromatic carbocycles. The molecule has 3 aliphatic rings. The number of ether oxygens (including phenoxy) is 1. The number of sulfonamides is 1. The standard InChI is InChI=1S/C30H39ClFN3O4S/c1-22-20-33(26-9-3-2-4-10-26)17-18-34(22)30(36)39-21-27-11-6-12-29(23-7-5-8-25(32)19-23)35(27)40(37,38)28-15-13-24(31)14-16-28/h5,7-8,13-16,19,22,26-27,29H,2-4,6,9-12,17-18,20-21H2,1H3/t22?,27-,29+/m1/s1. The number of piperidine rings is 1. The number of hydrogen-bond acceptors (Lipinski definition) is 5. The van der Waals surface area contributed by atoms with Gasteiger partial charge in [0.05, 0.1) is 17.0 Å². The molecule has 0 aromatic heterocycles. The highest BCUT2D eigenvalue weighted by Gasteiger charge is 2.42. The molecule has 1 saturated carbocycles. The number of nitrogens with zero attached hydrogens (tertiary/aromatic N) is 3. The van der Waals surface area contributed by atoms with Crippen molar-refractivity contribution in [1.82, 2.24) is 14.1 Å². The van der Waals surface area contributed by atoms with Gasteiger partial charge < -0.3 is 9.64 Å². The Balaban J connectivity index is 1.32. The second kappa shape index (κ2) is 12.8. The number of carbonyl (C=O) groups is 1. The van der Waals surface area contributed by atoms with Crippen molar-refractivity contribution >= 4 is 27.7 Å². The Morgan fingerprint density at radius 1 is 1.00 bits per heavy atom. The van der Waals surface area contributed by atoms with Crippen LogP contribution in [0.2, 0.25) is 5.02 Å². The molecule has 3 atom stereocenters. The molecule has 7 nitrogen and oxygen atoms in total. The highest BCUT2D eigenvalue weighted by Crippen LogP contribution is 2.39. The summed E-state index contributed by atoms with van der Waals surface area (Å²) in [4.78, 5) is 17.6. The molecule has 5 rings (SSSR count). The van der Waals surface area contributed by atoms with Gasteiger partial charge in [0.15, 0.2) is 0 Å². The summed E-state index contributed by atoms with van der Waals surface area (Å²) in [7, 11) is -4.00. The summed E-state index contributed by atoms with van der Waals surface area (Å²) in [6.45, 7) is 4.23. The summed E-state index contributed by atoms with van der Waals surface area (Å²) in [6.07, 6.45) is 7.71. The first-order valence-corrected chi connectivity index (χ1v) is 16.3. The SMILES string of the molecule is CC1CN(C2CCCCC2)CCN1C(=O)OC[C@H]1CCC[C@@H](c2cccc(F)c2)N1S(=O)(=O)c1ccc(Cl)cc1. The quantitative estimate of drug-likeness (QED) is 0.398. The summed E-state index contributed by atoms with van der Waals surface area (Å²) in [5, 5.41) is 0.433. The third-order valence-electron chi connectivity index (χ3n) is 8.69. The second-order valence-electron chi connectivity index (χ2n) is 11.4. The Kier molecular flexibility index (Phi) is 9.35. The largest absolute Gasteiger partial charge is 0.448 e. The lowest BCUT2D eigenvalue weighted by molar-refractivity contribution is 0.0185. The number of benzene rings is 2. The van der Waals surface area contributed by atoms with Crippen molar-refractivity contribution in [3.63, 3.8) is 0 Å². The third kappa shape index (κ3) is 6.48. The average molecular weight is 592 g/mol. The summed E-state index contributed by atoms with van der Waals surface area (Å²) in [5.74, 6) is -0.420. The predicted octanol–water partition coefficient (Wildman–Crippen LogP) is 6.24. The zero-order valence-corrected chi connectivity index (χ0v) is 24.6. The summed E-state index contributed by atoms with van der Waals surface area (Å²) in [6, 6.07) is 11.6. The van der Waals surface area contributed by atoms with E-state index in [0.717, 1.165) is 19.5 Å². The number of rotatable bonds is 6. The molecule has 0 spiro atoms. The first-order chi connectivity index (χ1) is 19.2. The molecular weight excluding hydrogens is 553 g/mol. The number of hydrogen-bond donors (Lipinski definition) is 0. The molecule has 10 heteroatoms. The van der Waals surface area contributed by atoms with Crippen molar-refractivity contribution in [2.75, 3.05) is 26.2 Å². The van der Waals surface area contributed by atoms with E-state index in [-0.39, 0.29) is 17.5 Å². The lowest BCUT2D eigenvalue weighted by atomic mass is 9.93. The molecule has 2 aromatic rings. The highest BCUT2D eigenvalue weighted by molar-refractivity contribution is 7.89. The van der Waals surface area contributed by atoms with Gasteiger partial charge in [0, 0.05) is 36.7 Å². The minimum atomic E-state index is -4.00. The molecule has 2 heterocycles. The van der Waals surface area contributed by atoms with Crippen molar-refractivity contribution in [3.8, 4) is 0 Å². The van der Waals surface area contributed by atoms with Gasteiger partial charge >= 0.3 is 6.09 Å². The van der Waals surface area contributed by atoms with Crippen LogP contribution in [0.1, 0.15) is 69.9 Å². The topological polar surface area (TPSA) is 70.2 Å². The molecule has 1 amide bonds. The van der Waals surface area contributed by atoms with Crippen LogP contribution >= 0.6 is 11.6 Å². The lowest BCUT2D eigenvalue weighted by Gasteiger charge is -2.44. The maximum atomic E-state index is 14.2. The van der Waals surface area contributed by atoms with Crippen LogP contribution in [0.15, 0.2) is 53.4 Å². The van der Waals surface area contributed by atoms with E-state index in [9.17, 15) is 17.6 Å². The van der Waals surface area contributed by atoms with Crippen molar-refractivity contribution < 1.29 is 22.3 Å². The molecular formula is C30H39ClFN3O4S. The van der Waals surface area contributed by atoms with Gasteiger partial charge in [-0.05, 0) is 81.0 Å². The molecule has 2 saturated heterocycles. The summed E-state index contributed by atoms with van der Waals surface area (Å²) < 4.78 is 49.4. The van der Waals surface area contributed by atoms with Gasteiger partial charge in [-0.25, -0.2) is 17.6 Å². The fourth-order valence-corrected chi connectivity index (χ4v) is 8.59. The van der Waals surface area contributed by atoms with E-state index in [1.165, 1.54) is 60.7 Å². The van der Waals surface area contributed by atoms with Gasteiger partial charge in [-0.2, -0.15) is 4.31 Å². The third-order valence-corrected chi connectivity index (χ3v) is 10.9. The van der Waals surface area contributed by atoms with E-state index in [1.807, 2.05) is 6.92 Å². The zero-order chi connectivity index (χ0) is 28.3. The maximum Gasteiger partial charge on any atom is 0.410 e. The Hall–Kier alpha value is -2.20. The van der Waals surface area contributed by atoms with Crippen LogP contribution in [0, 0.1) is 5.82 Å². The first-order valence-electron chi connectivity index (χ1n) is 14.5. The Labute approximate surface area is 242 Å². The van der Waals surface area contributed by atoms with Crippen molar-refractivity contribution in [3.05, 3.63) is 64.9 Å². The normalized spacial score (nSPS) is 25.6. The van der Waals surface area contributed by atoms with E-state index in [2.05, 4.69) is 4.90 Å². The molecule has 0 N–H and O–H groups in total. The molecule has 1 unspecified atom stereocenters. The van der Waals surface area contributed by atoms with Gasteiger partial charge in [-0.1, -0.05) is 43.0 Å². The van der Waals surface area contributed by atoms with E-state index >= 15 is 0 Å². The molecule has 40 heavy (non-hydrogen) atoms. The highest BCUT2D eigenvalue weighted by atomic mass is 35.5. The molecule has 0 radical (unpaired) electrons. The van der Waals surface area contributed by atoms with Crippen LogP contribution in [0.3, 0.4) is 0 Å². The van der Waals surface area contributed by atoms with Crippen molar-refractivity contribution in [1.29, 1.82) is 0 Å². The average Bonchev–Trinajstić information content (AvgIpc) is 2.96. The van der Waals surface area contributed by atoms with Crippen LogP contribution < -0.4 is 0 Å². The van der Waals surface area contributed by atoms with Gasteiger partial charge in [-0.15, -0.1) is 0 Å². The number of halogens is 2. The van der Waals surface area contributed by atoms with Gasteiger partial charge in [-0.3, -0.25) is 4.90 Å². The van der Waals surface area contributed by atoms with Crippen LogP contribution in [0.5, 0.6) is 0 Å². The number of piperazine rings is 1. The number of amides is 1. The number of carbonyl (C=O) groups excluding carboxylic acids is 1. The van der Waals surface area contributed by atoms with Crippen LogP contribution in [0.25, 0.3) is 0 Å². The molecule has 2 aliphatic heterocycles.